The van der Waals surface area contributed by atoms with Gasteiger partial charge in [0.2, 0.25) is 0 Å². The molecule has 0 atom stereocenters. The Kier molecular flexibility index (Phi) is 3.60. The van der Waals surface area contributed by atoms with Crippen LogP contribution in [-0.2, 0) is 6.42 Å². The molecule has 3 heteroatoms. The van der Waals surface area contributed by atoms with Crippen LogP contribution in [0, 0.1) is 0 Å². The van der Waals surface area contributed by atoms with Gasteiger partial charge in [0.25, 0.3) is 0 Å². The second-order valence-electron chi connectivity index (χ2n) is 3.87. The minimum atomic E-state index is 0.569. The summed E-state index contributed by atoms with van der Waals surface area (Å²) in [5.74, 6) is 0. The first-order valence-electron chi connectivity index (χ1n) is 5.46. The topological polar surface area (TPSA) is 26.0 Å². The third-order valence-electron chi connectivity index (χ3n) is 2.79. The Morgan fingerprint density at radius 3 is 2.59 bits per heavy atom. The van der Waals surface area contributed by atoms with Gasteiger partial charge in [0, 0.05) is 11.3 Å². The van der Waals surface area contributed by atoms with Crippen molar-refractivity contribution in [1.29, 1.82) is 0 Å². The highest BCUT2D eigenvalue weighted by Crippen LogP contribution is 2.34. The van der Waals surface area contributed by atoms with Crippen LogP contribution in [0.1, 0.15) is 12.5 Å². The number of hydrogen-bond acceptors (Lipinski definition) is 1. The van der Waals surface area contributed by atoms with E-state index in [1.54, 1.807) is 6.07 Å². The quantitative estimate of drug-likeness (QED) is 0.776. The van der Waals surface area contributed by atoms with Crippen LogP contribution in [0.5, 0.6) is 0 Å². The van der Waals surface area contributed by atoms with Gasteiger partial charge in [0.1, 0.15) is 0 Å². The van der Waals surface area contributed by atoms with E-state index >= 15 is 0 Å². The highest BCUT2D eigenvalue weighted by Gasteiger charge is 2.08. The van der Waals surface area contributed by atoms with Gasteiger partial charge >= 0.3 is 0 Å². The van der Waals surface area contributed by atoms with Crippen molar-refractivity contribution in [3.05, 3.63) is 52.0 Å². The molecule has 88 valence electrons. The fraction of sp³-hybridized carbons (Fsp3) is 0.143. The zero-order chi connectivity index (χ0) is 12.4. The van der Waals surface area contributed by atoms with Gasteiger partial charge in [0.05, 0.1) is 10.0 Å². The molecule has 17 heavy (non-hydrogen) atoms. The Labute approximate surface area is 111 Å². The van der Waals surface area contributed by atoms with Gasteiger partial charge < -0.3 is 5.73 Å². The molecule has 2 N–H and O–H groups in total. The number of hydrogen-bond donors (Lipinski definition) is 1. The van der Waals surface area contributed by atoms with Crippen molar-refractivity contribution in [1.82, 2.24) is 0 Å². The standard InChI is InChI=1S/C14H13Cl2N/c1-2-9-8-10(6-7-13(9)17)11-4-3-5-12(15)14(11)16/h3-8H,2,17H2,1H3. The van der Waals surface area contributed by atoms with Gasteiger partial charge in [-0.1, -0.05) is 48.3 Å². The first-order valence-corrected chi connectivity index (χ1v) is 6.22. The number of nitrogen functional groups attached to an aromatic ring is 1. The molecule has 2 aromatic carbocycles. The zero-order valence-electron chi connectivity index (χ0n) is 9.50. The van der Waals surface area contributed by atoms with E-state index in [0.717, 1.165) is 28.8 Å². The molecule has 0 aromatic heterocycles. The summed E-state index contributed by atoms with van der Waals surface area (Å²) in [4.78, 5) is 0. The van der Waals surface area contributed by atoms with E-state index < -0.39 is 0 Å². The maximum atomic E-state index is 6.20. The Hall–Kier alpha value is -1.18. The summed E-state index contributed by atoms with van der Waals surface area (Å²) >= 11 is 12.2. The van der Waals surface area contributed by atoms with E-state index in [1.165, 1.54) is 0 Å². The largest absolute Gasteiger partial charge is 0.399 e. The molecular formula is C14H13Cl2N. The molecule has 0 heterocycles. The van der Waals surface area contributed by atoms with Crippen molar-refractivity contribution >= 4 is 28.9 Å². The lowest BCUT2D eigenvalue weighted by molar-refractivity contribution is 1.15. The van der Waals surface area contributed by atoms with Crippen molar-refractivity contribution in [3.8, 4) is 11.1 Å². The number of anilines is 1. The third-order valence-corrected chi connectivity index (χ3v) is 3.61. The van der Waals surface area contributed by atoms with Crippen molar-refractivity contribution < 1.29 is 0 Å². The molecule has 0 saturated heterocycles. The first-order chi connectivity index (χ1) is 8.13. The second-order valence-corrected chi connectivity index (χ2v) is 4.65. The SMILES string of the molecule is CCc1cc(-c2cccc(Cl)c2Cl)ccc1N. The average molecular weight is 266 g/mol. The van der Waals surface area contributed by atoms with Crippen molar-refractivity contribution in [2.75, 3.05) is 5.73 Å². The van der Waals surface area contributed by atoms with E-state index in [2.05, 4.69) is 13.0 Å². The lowest BCUT2D eigenvalue weighted by atomic mass is 10.0. The van der Waals surface area contributed by atoms with E-state index in [9.17, 15) is 0 Å². The lowest BCUT2D eigenvalue weighted by Crippen LogP contribution is -1.93. The number of benzene rings is 2. The summed E-state index contributed by atoms with van der Waals surface area (Å²) in [5.41, 5.74) is 9.81. The second kappa shape index (κ2) is 4.99. The van der Waals surface area contributed by atoms with Gasteiger partial charge in [-0.05, 0) is 35.7 Å². The monoisotopic (exact) mass is 265 g/mol. The molecule has 0 bridgehead atoms. The normalized spacial score (nSPS) is 10.5. The predicted molar refractivity (Wildman–Crippen MR) is 75.7 cm³/mol. The van der Waals surface area contributed by atoms with Crippen LogP contribution in [-0.4, -0.2) is 0 Å². The molecule has 0 aliphatic carbocycles. The van der Waals surface area contributed by atoms with Gasteiger partial charge in [-0.15, -0.1) is 0 Å². The van der Waals surface area contributed by atoms with Gasteiger partial charge in [-0.25, -0.2) is 0 Å². The molecule has 0 amide bonds. The van der Waals surface area contributed by atoms with E-state index in [0.29, 0.717) is 10.0 Å². The van der Waals surface area contributed by atoms with Crippen molar-refractivity contribution in [2.24, 2.45) is 0 Å². The van der Waals surface area contributed by atoms with Gasteiger partial charge in [0.15, 0.2) is 0 Å². The molecule has 0 spiro atoms. The molecule has 1 nitrogen and oxygen atoms in total. The lowest BCUT2D eigenvalue weighted by Gasteiger charge is -2.09. The maximum absolute atomic E-state index is 6.20. The minimum absolute atomic E-state index is 0.569. The minimum Gasteiger partial charge on any atom is -0.399 e. The third kappa shape index (κ3) is 2.41. The summed E-state index contributed by atoms with van der Waals surface area (Å²) in [6.07, 6.45) is 0.901. The highest BCUT2D eigenvalue weighted by molar-refractivity contribution is 6.43. The molecule has 2 aromatic rings. The summed E-state index contributed by atoms with van der Waals surface area (Å²) in [6, 6.07) is 11.6. The number of halogens is 2. The van der Waals surface area contributed by atoms with Crippen LogP contribution in [0.3, 0.4) is 0 Å². The van der Waals surface area contributed by atoms with Crippen molar-refractivity contribution in [2.45, 2.75) is 13.3 Å². The maximum Gasteiger partial charge on any atom is 0.0670 e. The summed E-state index contributed by atoms with van der Waals surface area (Å²) in [7, 11) is 0. The first kappa shape index (κ1) is 12.3. The Morgan fingerprint density at radius 2 is 1.88 bits per heavy atom. The van der Waals surface area contributed by atoms with Crippen molar-refractivity contribution in [3.63, 3.8) is 0 Å². The van der Waals surface area contributed by atoms with Crippen LogP contribution in [0.25, 0.3) is 11.1 Å². The smallest absolute Gasteiger partial charge is 0.0670 e. The molecule has 0 aliphatic heterocycles. The highest BCUT2D eigenvalue weighted by atomic mass is 35.5. The van der Waals surface area contributed by atoms with Crippen LogP contribution in [0.2, 0.25) is 10.0 Å². The number of rotatable bonds is 2. The summed E-state index contributed by atoms with van der Waals surface area (Å²) < 4.78 is 0. The molecule has 0 aliphatic rings. The average Bonchev–Trinajstić information content (AvgIpc) is 2.34. The molecule has 0 saturated carbocycles. The van der Waals surface area contributed by atoms with E-state index in [1.807, 2.05) is 24.3 Å². The van der Waals surface area contributed by atoms with Crippen LogP contribution in [0.15, 0.2) is 36.4 Å². The zero-order valence-corrected chi connectivity index (χ0v) is 11.0. The van der Waals surface area contributed by atoms with Gasteiger partial charge in [-0.3, -0.25) is 0 Å². The van der Waals surface area contributed by atoms with E-state index in [-0.39, 0.29) is 0 Å². The van der Waals surface area contributed by atoms with Crippen LogP contribution < -0.4 is 5.73 Å². The van der Waals surface area contributed by atoms with Crippen LogP contribution in [0.4, 0.5) is 5.69 Å². The Morgan fingerprint density at radius 1 is 1.12 bits per heavy atom. The predicted octanol–water partition coefficient (Wildman–Crippen LogP) is 4.81. The fourth-order valence-corrected chi connectivity index (χ4v) is 2.22. The summed E-state index contributed by atoms with van der Waals surface area (Å²) in [6.45, 7) is 2.08. The Bertz CT molecular complexity index is 550. The fourth-order valence-electron chi connectivity index (χ4n) is 1.81. The molecule has 2 rings (SSSR count). The Balaban J connectivity index is 2.57. The van der Waals surface area contributed by atoms with Gasteiger partial charge in [-0.2, -0.15) is 0 Å². The van der Waals surface area contributed by atoms with Crippen LogP contribution >= 0.6 is 23.2 Å². The molecule has 0 unspecified atom stereocenters. The summed E-state index contributed by atoms with van der Waals surface area (Å²) in [5, 5.41) is 1.15. The number of aryl methyl sites for hydroxylation is 1. The molecule has 0 fully saturated rings. The molecular weight excluding hydrogens is 253 g/mol. The van der Waals surface area contributed by atoms with E-state index in [4.69, 9.17) is 28.9 Å². The number of nitrogens with two attached hydrogens (primary N) is 1. The molecule has 0 radical (unpaired) electrons.